The third-order valence-corrected chi connectivity index (χ3v) is 10.6. The maximum atomic E-state index is 14.9. The lowest BCUT2D eigenvalue weighted by Gasteiger charge is -2.11. The second-order valence-electron chi connectivity index (χ2n) is 15.5. The van der Waals surface area contributed by atoms with Crippen molar-refractivity contribution in [3.05, 3.63) is 60.4 Å². The zero-order valence-corrected chi connectivity index (χ0v) is 34.3. The largest absolute Gasteiger partial charge is 0.492 e. The molecule has 0 atom stereocenters. The van der Waals surface area contributed by atoms with Crippen molar-refractivity contribution in [3.63, 3.8) is 0 Å². The van der Waals surface area contributed by atoms with Gasteiger partial charge in [0.1, 0.15) is 23.1 Å². The van der Waals surface area contributed by atoms with E-state index in [2.05, 4.69) is 23.8 Å². The summed E-state index contributed by atoms with van der Waals surface area (Å²) in [5.41, 5.74) is 1.30. The van der Waals surface area contributed by atoms with Gasteiger partial charge < -0.3 is 9.47 Å². The first kappa shape index (κ1) is 45.4. The summed E-state index contributed by atoms with van der Waals surface area (Å²) in [5.74, 6) is -0.00838. The first-order valence-corrected chi connectivity index (χ1v) is 22.3. The number of hydrogen-bond donors (Lipinski definition) is 0. The molecule has 0 amide bonds. The molecule has 0 fully saturated rings. The molecule has 3 aromatic rings. The minimum Gasteiger partial charge on any atom is -0.492 e. The fraction of sp³-hybridized carbons (Fsp3) is 0.667. The van der Waals surface area contributed by atoms with Crippen LogP contribution >= 0.6 is 0 Å². The number of hydrogen-bond acceptors (Lipinski definition) is 4. The SMILES string of the molecule is CCCCCCCCCCCCCCCCOc1ccc(-c2cc(-c3ccc(OCCCCCCCCCCCCCCCC)cn3)c(F)cc2F)nc1. The molecule has 1 aromatic carbocycles. The quantitative estimate of drug-likeness (QED) is 0.0571. The highest BCUT2D eigenvalue weighted by Crippen LogP contribution is 2.31. The Morgan fingerprint density at radius 3 is 0.963 bits per heavy atom. The third-order valence-electron chi connectivity index (χ3n) is 10.6. The Kier molecular flexibility index (Phi) is 25.4. The van der Waals surface area contributed by atoms with Gasteiger partial charge >= 0.3 is 0 Å². The van der Waals surface area contributed by atoms with Gasteiger partial charge in [-0.05, 0) is 43.2 Å². The van der Waals surface area contributed by atoms with Crippen LogP contribution in [-0.4, -0.2) is 23.2 Å². The van der Waals surface area contributed by atoms with Crippen LogP contribution < -0.4 is 9.47 Å². The Morgan fingerprint density at radius 1 is 0.389 bits per heavy atom. The van der Waals surface area contributed by atoms with Crippen molar-refractivity contribution in [2.24, 2.45) is 0 Å². The lowest BCUT2D eigenvalue weighted by Crippen LogP contribution is -1.99. The number of rotatable bonds is 34. The molecule has 0 saturated heterocycles. The van der Waals surface area contributed by atoms with Gasteiger partial charge in [-0.3, -0.25) is 9.97 Å². The minimum atomic E-state index is -0.659. The van der Waals surface area contributed by atoms with Crippen LogP contribution in [0.3, 0.4) is 0 Å². The molecule has 0 spiro atoms. The van der Waals surface area contributed by atoms with Crippen molar-refractivity contribution >= 4 is 0 Å². The first-order valence-electron chi connectivity index (χ1n) is 22.3. The van der Waals surface area contributed by atoms with E-state index in [0.29, 0.717) is 36.1 Å². The highest BCUT2D eigenvalue weighted by Gasteiger charge is 2.15. The molecule has 4 nitrogen and oxygen atoms in total. The zero-order valence-electron chi connectivity index (χ0n) is 34.3. The van der Waals surface area contributed by atoms with Gasteiger partial charge in [-0.1, -0.05) is 181 Å². The molecule has 0 aliphatic heterocycles. The molecule has 0 saturated carbocycles. The molecule has 2 heterocycles. The third kappa shape index (κ3) is 20.1. The Labute approximate surface area is 328 Å². The van der Waals surface area contributed by atoms with Gasteiger partial charge in [0, 0.05) is 17.2 Å². The van der Waals surface area contributed by atoms with E-state index < -0.39 is 11.6 Å². The molecule has 302 valence electrons. The summed E-state index contributed by atoms with van der Waals surface area (Å²) in [7, 11) is 0. The fourth-order valence-corrected chi connectivity index (χ4v) is 7.16. The van der Waals surface area contributed by atoms with E-state index in [1.54, 1.807) is 36.7 Å². The topological polar surface area (TPSA) is 44.2 Å². The standard InChI is InChI=1S/C48H74F2N2O2/c1-3-5-7-9-11-13-15-17-19-21-23-25-27-29-35-53-41-31-33-47(51-39-41)43-37-44(46(50)38-45(43)49)48-34-32-42(40-52-48)54-36-30-28-26-24-22-20-18-16-14-12-10-8-6-4-2/h31-34,37-40H,3-30,35-36H2,1-2H3. The summed E-state index contributed by atoms with van der Waals surface area (Å²) in [4.78, 5) is 8.88. The van der Waals surface area contributed by atoms with Crippen LogP contribution in [0.1, 0.15) is 194 Å². The maximum Gasteiger partial charge on any atom is 0.137 e. The molecule has 0 aliphatic rings. The lowest BCUT2D eigenvalue weighted by molar-refractivity contribution is 0.303. The van der Waals surface area contributed by atoms with Gasteiger partial charge in [-0.25, -0.2) is 8.78 Å². The summed E-state index contributed by atoms with van der Waals surface area (Å²) in [5, 5.41) is 0. The van der Waals surface area contributed by atoms with Crippen LogP contribution in [0, 0.1) is 11.6 Å². The summed E-state index contributed by atoms with van der Waals surface area (Å²) >= 11 is 0. The predicted molar refractivity (Wildman–Crippen MR) is 224 cm³/mol. The second kappa shape index (κ2) is 30.2. The van der Waals surface area contributed by atoms with Gasteiger partial charge in [0.05, 0.1) is 37.0 Å². The number of halogens is 2. The zero-order chi connectivity index (χ0) is 38.3. The van der Waals surface area contributed by atoms with E-state index in [0.717, 1.165) is 31.7 Å². The number of pyridine rings is 2. The molecule has 0 N–H and O–H groups in total. The van der Waals surface area contributed by atoms with Crippen molar-refractivity contribution in [2.75, 3.05) is 13.2 Å². The number of benzene rings is 1. The van der Waals surface area contributed by atoms with Crippen LogP contribution in [0.4, 0.5) is 8.78 Å². The van der Waals surface area contributed by atoms with Crippen LogP contribution in [0.15, 0.2) is 48.8 Å². The summed E-state index contributed by atoms with van der Waals surface area (Å²) < 4.78 is 41.7. The Bertz CT molecular complexity index is 1230. The monoisotopic (exact) mass is 749 g/mol. The Morgan fingerprint density at radius 2 is 0.685 bits per heavy atom. The number of aromatic nitrogens is 2. The van der Waals surface area contributed by atoms with Gasteiger partial charge in [0.2, 0.25) is 0 Å². The van der Waals surface area contributed by atoms with Gasteiger partial charge in [0.25, 0.3) is 0 Å². The summed E-state index contributed by atoms with van der Waals surface area (Å²) in [6.07, 6.45) is 40.2. The van der Waals surface area contributed by atoms with E-state index >= 15 is 0 Å². The molecule has 2 aromatic heterocycles. The van der Waals surface area contributed by atoms with Crippen LogP contribution in [0.25, 0.3) is 22.5 Å². The molecule has 0 radical (unpaired) electrons. The second-order valence-corrected chi connectivity index (χ2v) is 15.5. The average Bonchev–Trinajstić information content (AvgIpc) is 3.18. The first-order chi connectivity index (χ1) is 26.6. The Balaban J connectivity index is 1.28. The molecule has 54 heavy (non-hydrogen) atoms. The van der Waals surface area contributed by atoms with Crippen molar-refractivity contribution in [1.82, 2.24) is 9.97 Å². The molecular formula is C48H74F2N2O2. The van der Waals surface area contributed by atoms with E-state index in [4.69, 9.17) is 9.47 Å². The van der Waals surface area contributed by atoms with E-state index in [-0.39, 0.29) is 11.1 Å². The van der Waals surface area contributed by atoms with Crippen molar-refractivity contribution in [2.45, 2.75) is 194 Å². The minimum absolute atomic E-state index is 0.227. The predicted octanol–water partition coefficient (Wildman–Crippen LogP) is 15.8. The van der Waals surface area contributed by atoms with Crippen LogP contribution in [0.5, 0.6) is 11.5 Å². The van der Waals surface area contributed by atoms with E-state index in [9.17, 15) is 8.78 Å². The van der Waals surface area contributed by atoms with Crippen molar-refractivity contribution in [3.8, 4) is 34.0 Å². The average molecular weight is 749 g/mol. The maximum absolute atomic E-state index is 14.9. The van der Waals surface area contributed by atoms with Crippen molar-refractivity contribution in [1.29, 1.82) is 0 Å². The van der Waals surface area contributed by atoms with Gasteiger partial charge in [-0.2, -0.15) is 0 Å². The number of unbranched alkanes of at least 4 members (excludes halogenated alkanes) is 26. The Hall–Kier alpha value is -3.02. The summed E-state index contributed by atoms with van der Waals surface area (Å²) in [6, 6.07) is 9.45. The van der Waals surface area contributed by atoms with Crippen molar-refractivity contribution < 1.29 is 18.3 Å². The van der Waals surface area contributed by atoms with Crippen LogP contribution in [0.2, 0.25) is 0 Å². The molecule has 6 heteroatoms. The molecule has 3 rings (SSSR count). The molecule has 0 aliphatic carbocycles. The highest BCUT2D eigenvalue weighted by atomic mass is 19.1. The van der Waals surface area contributed by atoms with E-state index in [1.807, 2.05) is 0 Å². The normalized spacial score (nSPS) is 11.3. The van der Waals surface area contributed by atoms with Gasteiger partial charge in [0.15, 0.2) is 0 Å². The smallest absolute Gasteiger partial charge is 0.137 e. The lowest BCUT2D eigenvalue weighted by atomic mass is 10.0. The molecule has 0 bridgehead atoms. The number of ether oxygens (including phenoxy) is 2. The van der Waals surface area contributed by atoms with Crippen LogP contribution in [-0.2, 0) is 0 Å². The van der Waals surface area contributed by atoms with Gasteiger partial charge in [-0.15, -0.1) is 0 Å². The summed E-state index contributed by atoms with van der Waals surface area (Å²) in [6.45, 7) is 5.82. The highest BCUT2D eigenvalue weighted by molar-refractivity contribution is 5.70. The number of nitrogens with zero attached hydrogens (tertiary/aromatic N) is 2. The molecule has 0 unspecified atom stereocenters. The fourth-order valence-electron chi connectivity index (χ4n) is 7.16. The molecular weight excluding hydrogens is 675 g/mol. The van der Waals surface area contributed by atoms with E-state index in [1.165, 1.54) is 160 Å².